The molecule has 1 aromatic carbocycles. The third-order valence-electron chi connectivity index (χ3n) is 2.31. The predicted molar refractivity (Wildman–Crippen MR) is 70.2 cm³/mol. The number of aryl methyl sites for hydroxylation is 1. The van der Waals surface area contributed by atoms with Gasteiger partial charge < -0.3 is 15.6 Å². The van der Waals surface area contributed by atoms with Crippen LogP contribution < -0.4 is 11.1 Å². The summed E-state index contributed by atoms with van der Waals surface area (Å²) in [4.78, 5) is 0. The molecule has 3 nitrogen and oxygen atoms in total. The molecule has 0 bridgehead atoms. The number of nitrogens with zero attached hydrogens (tertiary/aromatic N) is 1. The average Bonchev–Trinajstić information content (AvgIpc) is 2.63. The Bertz CT molecular complexity index is 496. The summed E-state index contributed by atoms with van der Waals surface area (Å²) in [5.74, 6) is -0.276. The molecule has 3 N–H and O–H groups in total. The van der Waals surface area contributed by atoms with E-state index in [0.717, 1.165) is 11.3 Å². The van der Waals surface area contributed by atoms with E-state index in [1.165, 1.54) is 12.1 Å². The third-order valence-corrected chi connectivity index (χ3v) is 2.31. The largest absolute Gasteiger partial charge is 0.355 e. The zero-order chi connectivity index (χ0) is 11.5. The Morgan fingerprint density at radius 1 is 1.29 bits per heavy atom. The summed E-state index contributed by atoms with van der Waals surface area (Å²) < 4.78 is 15.1. The summed E-state index contributed by atoms with van der Waals surface area (Å²) in [5.41, 5.74) is 7.90. The van der Waals surface area contributed by atoms with Crippen LogP contribution in [0, 0.1) is 5.82 Å². The van der Waals surface area contributed by atoms with E-state index in [1.807, 2.05) is 36.1 Å². The van der Waals surface area contributed by atoms with E-state index in [9.17, 15) is 4.39 Å². The second-order valence-electron chi connectivity index (χ2n) is 3.74. The standard InChI is InChI=1S/C12H14FN3.ClH/c1-16-3-2-11(8-16)15-12-5-9(7-14)4-10(13)6-12;/h2-6,8,15H,7,14H2,1H3;1H. The molecule has 1 heterocycles. The number of hydrogen-bond acceptors (Lipinski definition) is 2. The maximum absolute atomic E-state index is 13.2. The maximum Gasteiger partial charge on any atom is 0.125 e. The summed E-state index contributed by atoms with van der Waals surface area (Å²) >= 11 is 0. The fourth-order valence-corrected chi connectivity index (χ4v) is 1.58. The monoisotopic (exact) mass is 255 g/mol. The SMILES string of the molecule is Cl.Cn1ccc(Nc2cc(F)cc(CN)c2)c1. The minimum atomic E-state index is -0.276. The molecule has 0 aliphatic carbocycles. The van der Waals surface area contributed by atoms with Crippen molar-refractivity contribution in [2.24, 2.45) is 12.8 Å². The normalized spacial score (nSPS) is 9.82. The molecule has 5 heteroatoms. The number of halogens is 2. The molecule has 17 heavy (non-hydrogen) atoms. The van der Waals surface area contributed by atoms with Gasteiger partial charge in [0.25, 0.3) is 0 Å². The Kier molecular flexibility index (Phi) is 4.54. The molecule has 0 saturated carbocycles. The van der Waals surface area contributed by atoms with E-state index in [1.54, 1.807) is 0 Å². The lowest BCUT2D eigenvalue weighted by Gasteiger charge is -2.06. The van der Waals surface area contributed by atoms with Gasteiger partial charge in [-0.3, -0.25) is 0 Å². The van der Waals surface area contributed by atoms with Gasteiger partial charge in [-0.2, -0.15) is 0 Å². The van der Waals surface area contributed by atoms with Gasteiger partial charge in [-0.1, -0.05) is 0 Å². The van der Waals surface area contributed by atoms with Crippen molar-refractivity contribution in [1.82, 2.24) is 4.57 Å². The lowest BCUT2D eigenvalue weighted by atomic mass is 10.2. The van der Waals surface area contributed by atoms with Crippen molar-refractivity contribution in [3.05, 3.63) is 48.0 Å². The third kappa shape index (κ3) is 3.47. The van der Waals surface area contributed by atoms with E-state index in [-0.39, 0.29) is 18.2 Å². The van der Waals surface area contributed by atoms with Crippen LogP contribution in [-0.2, 0) is 13.6 Å². The van der Waals surface area contributed by atoms with Crippen LogP contribution in [0.3, 0.4) is 0 Å². The van der Waals surface area contributed by atoms with Gasteiger partial charge >= 0.3 is 0 Å². The van der Waals surface area contributed by atoms with Crippen molar-refractivity contribution < 1.29 is 4.39 Å². The van der Waals surface area contributed by atoms with Gasteiger partial charge in [0.15, 0.2) is 0 Å². The predicted octanol–water partition coefficient (Wildman–Crippen LogP) is 2.79. The van der Waals surface area contributed by atoms with E-state index in [0.29, 0.717) is 12.2 Å². The van der Waals surface area contributed by atoms with E-state index >= 15 is 0 Å². The van der Waals surface area contributed by atoms with Crippen LogP contribution in [0.4, 0.5) is 15.8 Å². The summed E-state index contributed by atoms with van der Waals surface area (Å²) in [6, 6.07) is 6.66. The molecule has 92 valence electrons. The number of nitrogens with one attached hydrogen (secondary N) is 1. The quantitative estimate of drug-likeness (QED) is 0.886. The molecular formula is C12H15ClFN3. The Hall–Kier alpha value is -1.52. The van der Waals surface area contributed by atoms with Gasteiger partial charge in [-0.05, 0) is 29.8 Å². The van der Waals surface area contributed by atoms with Gasteiger partial charge in [-0.15, -0.1) is 12.4 Å². The molecule has 0 spiro atoms. The number of benzene rings is 1. The number of anilines is 2. The molecule has 0 fully saturated rings. The van der Waals surface area contributed by atoms with Crippen molar-refractivity contribution in [3.63, 3.8) is 0 Å². The molecule has 2 aromatic rings. The van der Waals surface area contributed by atoms with Crippen molar-refractivity contribution in [1.29, 1.82) is 0 Å². The van der Waals surface area contributed by atoms with Gasteiger partial charge in [0.1, 0.15) is 5.82 Å². The first-order chi connectivity index (χ1) is 7.67. The molecule has 0 radical (unpaired) electrons. The van der Waals surface area contributed by atoms with Crippen LogP contribution in [-0.4, -0.2) is 4.57 Å². The van der Waals surface area contributed by atoms with Gasteiger partial charge in [0, 0.05) is 31.7 Å². The fraction of sp³-hybridized carbons (Fsp3) is 0.167. The Balaban J connectivity index is 0.00000144. The van der Waals surface area contributed by atoms with Gasteiger partial charge in [0.2, 0.25) is 0 Å². The average molecular weight is 256 g/mol. The van der Waals surface area contributed by atoms with E-state index in [4.69, 9.17) is 5.73 Å². The van der Waals surface area contributed by atoms with Crippen LogP contribution in [0.5, 0.6) is 0 Å². The minimum Gasteiger partial charge on any atom is -0.355 e. The molecule has 0 aliphatic heterocycles. The van der Waals surface area contributed by atoms with Crippen molar-refractivity contribution in [2.45, 2.75) is 6.54 Å². The number of rotatable bonds is 3. The highest BCUT2D eigenvalue weighted by molar-refractivity contribution is 5.85. The van der Waals surface area contributed by atoms with Crippen LogP contribution >= 0.6 is 12.4 Å². The Morgan fingerprint density at radius 3 is 2.65 bits per heavy atom. The summed E-state index contributed by atoms with van der Waals surface area (Å²) in [6.45, 7) is 0.335. The molecule has 0 unspecified atom stereocenters. The highest BCUT2D eigenvalue weighted by atomic mass is 35.5. The first-order valence-corrected chi connectivity index (χ1v) is 5.06. The molecular weight excluding hydrogens is 241 g/mol. The first kappa shape index (κ1) is 13.5. The highest BCUT2D eigenvalue weighted by Gasteiger charge is 2.01. The Morgan fingerprint density at radius 2 is 2.06 bits per heavy atom. The smallest absolute Gasteiger partial charge is 0.125 e. The second-order valence-corrected chi connectivity index (χ2v) is 3.74. The van der Waals surface area contributed by atoms with Crippen LogP contribution in [0.1, 0.15) is 5.56 Å². The first-order valence-electron chi connectivity index (χ1n) is 5.06. The molecule has 0 saturated heterocycles. The topological polar surface area (TPSA) is 43.0 Å². The summed E-state index contributed by atoms with van der Waals surface area (Å²) in [6.07, 6.45) is 3.85. The minimum absolute atomic E-state index is 0. The van der Waals surface area contributed by atoms with Gasteiger partial charge in [-0.25, -0.2) is 4.39 Å². The number of hydrogen-bond donors (Lipinski definition) is 2. The van der Waals surface area contributed by atoms with Crippen LogP contribution in [0.2, 0.25) is 0 Å². The molecule has 0 amide bonds. The molecule has 2 rings (SSSR count). The van der Waals surface area contributed by atoms with E-state index in [2.05, 4.69) is 5.32 Å². The lowest BCUT2D eigenvalue weighted by molar-refractivity contribution is 0.626. The number of aromatic nitrogens is 1. The fourth-order valence-electron chi connectivity index (χ4n) is 1.58. The maximum atomic E-state index is 13.2. The molecule has 0 atom stereocenters. The van der Waals surface area contributed by atoms with Crippen molar-refractivity contribution in [2.75, 3.05) is 5.32 Å². The zero-order valence-electron chi connectivity index (χ0n) is 9.48. The Labute approximate surface area is 106 Å². The van der Waals surface area contributed by atoms with E-state index < -0.39 is 0 Å². The summed E-state index contributed by atoms with van der Waals surface area (Å²) in [5, 5.41) is 3.12. The van der Waals surface area contributed by atoms with Crippen molar-refractivity contribution in [3.8, 4) is 0 Å². The highest BCUT2D eigenvalue weighted by Crippen LogP contribution is 2.19. The van der Waals surface area contributed by atoms with Gasteiger partial charge in [0.05, 0.1) is 5.69 Å². The van der Waals surface area contributed by atoms with Crippen molar-refractivity contribution >= 4 is 23.8 Å². The second kappa shape index (κ2) is 5.70. The zero-order valence-corrected chi connectivity index (χ0v) is 10.3. The van der Waals surface area contributed by atoms with Crippen LogP contribution in [0.15, 0.2) is 36.7 Å². The molecule has 1 aromatic heterocycles. The summed E-state index contributed by atoms with van der Waals surface area (Å²) in [7, 11) is 1.93. The lowest BCUT2D eigenvalue weighted by Crippen LogP contribution is -1.99. The van der Waals surface area contributed by atoms with Crippen LogP contribution in [0.25, 0.3) is 0 Å². The number of nitrogens with two attached hydrogens (primary N) is 1. The molecule has 0 aliphatic rings.